The van der Waals surface area contributed by atoms with Crippen LogP contribution in [0.1, 0.15) is 47.3 Å². The number of aryl methyl sites for hydroxylation is 2. The van der Waals surface area contributed by atoms with Crippen molar-refractivity contribution in [2.75, 3.05) is 13.1 Å². The number of fused-ring (bicyclic) bond motifs is 1. The van der Waals surface area contributed by atoms with Gasteiger partial charge in [0.15, 0.2) is 0 Å². The van der Waals surface area contributed by atoms with Gasteiger partial charge in [-0.1, -0.05) is 0 Å². The number of aliphatic carboxylic acids is 1. The fourth-order valence-corrected chi connectivity index (χ4v) is 3.59. The quantitative estimate of drug-likeness (QED) is 0.902. The molecule has 5 nitrogen and oxygen atoms in total. The minimum atomic E-state index is -0.762. The number of carboxylic acid groups (broad SMARTS) is 1. The van der Waals surface area contributed by atoms with Gasteiger partial charge in [-0.2, -0.15) is 0 Å². The molecule has 1 fully saturated rings. The molecule has 2 heterocycles. The average Bonchev–Trinajstić information content (AvgIpc) is 2.86. The first-order chi connectivity index (χ1) is 11.5. The maximum absolute atomic E-state index is 12.8. The molecule has 3 rings (SSSR count). The third-order valence-corrected chi connectivity index (χ3v) is 5.13. The topological polar surface area (TPSA) is 73.4 Å². The minimum Gasteiger partial charge on any atom is -0.481 e. The molecule has 2 aromatic rings. The van der Waals surface area contributed by atoms with Gasteiger partial charge in [0, 0.05) is 41.7 Å². The number of nitrogens with zero attached hydrogens (tertiary/aromatic N) is 1. The Morgan fingerprint density at radius 1 is 1.33 bits per heavy atom. The van der Waals surface area contributed by atoms with Gasteiger partial charge < -0.3 is 15.0 Å². The fraction of sp³-hybridized carbons (Fsp3) is 0.474. The number of aromatic nitrogens is 1. The smallest absolute Gasteiger partial charge is 0.303 e. The standard InChI is InChI=1S/C19H24N2O3/c1-12-13(2)20-17-7-6-15(10-16(12)17)19(24)21-9-3-4-14(11-21)5-8-18(22)23/h6-7,10,14,20H,3-5,8-9,11H2,1-2H3,(H,22,23). The number of rotatable bonds is 4. The molecule has 5 heteroatoms. The van der Waals surface area contributed by atoms with Crippen molar-refractivity contribution in [3.8, 4) is 0 Å². The molecule has 0 radical (unpaired) electrons. The number of carbonyl (C=O) groups is 2. The van der Waals surface area contributed by atoms with Gasteiger partial charge in [0.1, 0.15) is 0 Å². The first-order valence-electron chi connectivity index (χ1n) is 8.55. The maximum atomic E-state index is 12.8. The van der Waals surface area contributed by atoms with E-state index in [1.54, 1.807) is 0 Å². The SMILES string of the molecule is Cc1[nH]c2ccc(C(=O)N3CCCC(CCC(=O)O)C3)cc2c1C. The van der Waals surface area contributed by atoms with Crippen LogP contribution in [0.15, 0.2) is 18.2 Å². The van der Waals surface area contributed by atoms with E-state index in [0.29, 0.717) is 24.4 Å². The summed E-state index contributed by atoms with van der Waals surface area (Å²) in [5.74, 6) is -0.420. The van der Waals surface area contributed by atoms with E-state index in [1.165, 1.54) is 5.56 Å². The second kappa shape index (κ2) is 6.67. The van der Waals surface area contributed by atoms with E-state index in [0.717, 1.165) is 36.0 Å². The average molecular weight is 328 g/mol. The van der Waals surface area contributed by atoms with Gasteiger partial charge in [0.25, 0.3) is 5.91 Å². The van der Waals surface area contributed by atoms with Crippen LogP contribution in [0, 0.1) is 19.8 Å². The molecule has 1 aromatic heterocycles. The minimum absolute atomic E-state index is 0.0511. The molecule has 0 saturated carbocycles. The Balaban J connectivity index is 1.75. The Morgan fingerprint density at radius 3 is 2.88 bits per heavy atom. The van der Waals surface area contributed by atoms with Crippen molar-refractivity contribution < 1.29 is 14.7 Å². The van der Waals surface area contributed by atoms with Gasteiger partial charge >= 0.3 is 5.97 Å². The molecule has 1 atom stereocenters. The Labute approximate surface area is 141 Å². The van der Waals surface area contributed by atoms with Gasteiger partial charge in [-0.15, -0.1) is 0 Å². The lowest BCUT2D eigenvalue weighted by Gasteiger charge is -2.32. The summed E-state index contributed by atoms with van der Waals surface area (Å²) >= 11 is 0. The lowest BCUT2D eigenvalue weighted by Crippen LogP contribution is -2.40. The molecule has 0 aliphatic carbocycles. The number of carbonyl (C=O) groups excluding carboxylic acids is 1. The number of hydrogen-bond acceptors (Lipinski definition) is 2. The molecular weight excluding hydrogens is 304 g/mol. The first-order valence-corrected chi connectivity index (χ1v) is 8.55. The predicted octanol–water partition coefficient (Wildman–Crippen LogP) is 3.50. The summed E-state index contributed by atoms with van der Waals surface area (Å²) in [6.45, 7) is 5.51. The molecule has 2 N–H and O–H groups in total. The highest BCUT2D eigenvalue weighted by molar-refractivity contribution is 5.99. The summed E-state index contributed by atoms with van der Waals surface area (Å²) in [6, 6.07) is 5.81. The van der Waals surface area contributed by atoms with Crippen molar-refractivity contribution in [3.05, 3.63) is 35.0 Å². The number of H-pyrrole nitrogens is 1. The monoisotopic (exact) mass is 328 g/mol. The highest BCUT2D eigenvalue weighted by Crippen LogP contribution is 2.25. The highest BCUT2D eigenvalue weighted by atomic mass is 16.4. The van der Waals surface area contributed by atoms with E-state index < -0.39 is 5.97 Å². The summed E-state index contributed by atoms with van der Waals surface area (Å²) in [7, 11) is 0. The van der Waals surface area contributed by atoms with E-state index in [1.807, 2.05) is 30.0 Å². The number of nitrogens with one attached hydrogen (secondary N) is 1. The fourth-order valence-electron chi connectivity index (χ4n) is 3.59. The van der Waals surface area contributed by atoms with Crippen LogP contribution in [0.2, 0.25) is 0 Å². The molecule has 1 aromatic carbocycles. The molecule has 1 aliphatic rings. The molecule has 1 unspecified atom stereocenters. The number of piperidine rings is 1. The predicted molar refractivity (Wildman–Crippen MR) is 93.3 cm³/mol. The molecule has 24 heavy (non-hydrogen) atoms. The van der Waals surface area contributed by atoms with Crippen LogP contribution in [-0.2, 0) is 4.79 Å². The Hall–Kier alpha value is -2.30. The Bertz CT molecular complexity index is 778. The molecule has 0 bridgehead atoms. The van der Waals surface area contributed by atoms with Crippen molar-refractivity contribution in [1.29, 1.82) is 0 Å². The van der Waals surface area contributed by atoms with Gasteiger partial charge in [-0.3, -0.25) is 9.59 Å². The molecule has 128 valence electrons. The highest BCUT2D eigenvalue weighted by Gasteiger charge is 2.25. The molecule has 1 amide bonds. The zero-order valence-corrected chi connectivity index (χ0v) is 14.3. The van der Waals surface area contributed by atoms with E-state index in [9.17, 15) is 9.59 Å². The zero-order chi connectivity index (χ0) is 17.3. The zero-order valence-electron chi connectivity index (χ0n) is 14.3. The Morgan fingerprint density at radius 2 is 2.12 bits per heavy atom. The molecule has 1 aliphatic heterocycles. The van der Waals surface area contributed by atoms with E-state index in [4.69, 9.17) is 5.11 Å². The first kappa shape index (κ1) is 16.6. The van der Waals surface area contributed by atoms with Crippen LogP contribution < -0.4 is 0 Å². The number of likely N-dealkylation sites (tertiary alicyclic amines) is 1. The van der Waals surface area contributed by atoms with Crippen LogP contribution >= 0.6 is 0 Å². The van der Waals surface area contributed by atoms with Gasteiger partial charge in [0.2, 0.25) is 0 Å². The summed E-state index contributed by atoms with van der Waals surface area (Å²) < 4.78 is 0. The van der Waals surface area contributed by atoms with Crippen LogP contribution in [0.25, 0.3) is 10.9 Å². The summed E-state index contributed by atoms with van der Waals surface area (Å²) in [6.07, 6.45) is 2.78. The van der Waals surface area contributed by atoms with Crippen molar-refractivity contribution in [2.24, 2.45) is 5.92 Å². The van der Waals surface area contributed by atoms with Crippen LogP contribution in [-0.4, -0.2) is 40.0 Å². The second-order valence-electron chi connectivity index (χ2n) is 6.83. The number of benzene rings is 1. The van der Waals surface area contributed by atoms with Gasteiger partial charge in [-0.25, -0.2) is 0 Å². The summed E-state index contributed by atoms with van der Waals surface area (Å²) in [5.41, 5.74) is 4.07. The van der Waals surface area contributed by atoms with E-state index >= 15 is 0 Å². The van der Waals surface area contributed by atoms with E-state index in [-0.39, 0.29) is 12.3 Å². The second-order valence-corrected chi connectivity index (χ2v) is 6.83. The van der Waals surface area contributed by atoms with Gasteiger partial charge in [0.05, 0.1) is 0 Å². The number of carboxylic acids is 1. The molecular formula is C19H24N2O3. The summed E-state index contributed by atoms with van der Waals surface area (Å²) in [5, 5.41) is 9.94. The number of amides is 1. The van der Waals surface area contributed by atoms with Gasteiger partial charge in [-0.05, 0) is 62.8 Å². The largest absolute Gasteiger partial charge is 0.481 e. The van der Waals surface area contributed by atoms with Crippen LogP contribution in [0.4, 0.5) is 0 Å². The maximum Gasteiger partial charge on any atom is 0.303 e. The van der Waals surface area contributed by atoms with E-state index in [2.05, 4.69) is 11.9 Å². The third-order valence-electron chi connectivity index (χ3n) is 5.13. The summed E-state index contributed by atoms with van der Waals surface area (Å²) in [4.78, 5) is 28.8. The normalized spacial score (nSPS) is 18.1. The number of aromatic amines is 1. The van der Waals surface area contributed by atoms with Crippen LogP contribution in [0.5, 0.6) is 0 Å². The van der Waals surface area contributed by atoms with Crippen molar-refractivity contribution in [2.45, 2.75) is 39.5 Å². The lowest BCUT2D eigenvalue weighted by atomic mass is 9.93. The van der Waals surface area contributed by atoms with Crippen molar-refractivity contribution in [3.63, 3.8) is 0 Å². The van der Waals surface area contributed by atoms with Crippen molar-refractivity contribution >= 4 is 22.8 Å². The lowest BCUT2D eigenvalue weighted by molar-refractivity contribution is -0.137. The van der Waals surface area contributed by atoms with Crippen LogP contribution in [0.3, 0.4) is 0 Å². The molecule has 1 saturated heterocycles. The number of hydrogen-bond donors (Lipinski definition) is 2. The molecule has 0 spiro atoms. The van der Waals surface area contributed by atoms with Crippen molar-refractivity contribution in [1.82, 2.24) is 9.88 Å². The Kier molecular flexibility index (Phi) is 4.60. The third kappa shape index (κ3) is 3.30.